The number of benzene rings is 1. The van der Waals surface area contributed by atoms with Gasteiger partial charge in [0.15, 0.2) is 0 Å². The Hall–Kier alpha value is -1.09. The van der Waals surface area contributed by atoms with Crippen LogP contribution in [0, 0.1) is 6.92 Å². The number of nitrogen functional groups attached to an aromatic ring is 1. The number of nitrogens with two attached hydrogens (primary N) is 1. The van der Waals surface area contributed by atoms with E-state index < -0.39 is 10.0 Å². The summed E-state index contributed by atoms with van der Waals surface area (Å²) in [5, 5.41) is 4.42. The van der Waals surface area contributed by atoms with E-state index in [1.165, 1.54) is 12.1 Å². The molecule has 2 aromatic rings. The number of anilines is 1. The van der Waals surface area contributed by atoms with Crippen LogP contribution in [0.3, 0.4) is 0 Å². The predicted octanol–water partition coefficient (Wildman–Crippen LogP) is 2.21. The zero-order valence-electron chi connectivity index (χ0n) is 11.4. The fourth-order valence-corrected chi connectivity index (χ4v) is 4.15. The molecule has 1 aromatic heterocycles. The second kappa shape index (κ2) is 5.96. The lowest BCUT2D eigenvalue weighted by Gasteiger charge is -2.10. The van der Waals surface area contributed by atoms with Crippen LogP contribution in [0.15, 0.2) is 27.7 Å². The van der Waals surface area contributed by atoms with E-state index in [1.807, 2.05) is 6.92 Å². The van der Waals surface area contributed by atoms with Crippen LogP contribution in [0.2, 0.25) is 5.02 Å². The van der Waals surface area contributed by atoms with Crippen LogP contribution in [0.25, 0.3) is 0 Å². The van der Waals surface area contributed by atoms with Crippen molar-refractivity contribution in [2.45, 2.75) is 18.4 Å². The summed E-state index contributed by atoms with van der Waals surface area (Å²) in [4.78, 5) is 0.00837. The number of nitrogens with one attached hydrogen (secondary N) is 1. The summed E-state index contributed by atoms with van der Waals surface area (Å²) in [6, 6.07) is 2.83. The number of hydrogen-bond acceptors (Lipinski definition) is 4. The van der Waals surface area contributed by atoms with E-state index in [-0.39, 0.29) is 22.2 Å². The molecule has 1 heterocycles. The van der Waals surface area contributed by atoms with Crippen LogP contribution in [0.4, 0.5) is 5.69 Å². The molecule has 6 nitrogen and oxygen atoms in total. The van der Waals surface area contributed by atoms with Crippen molar-refractivity contribution < 1.29 is 8.42 Å². The maximum atomic E-state index is 12.4. The third-order valence-electron chi connectivity index (χ3n) is 2.89. The molecular formula is C12H14BrClN4O2S. The molecule has 114 valence electrons. The number of nitrogens with zero attached hydrogens (tertiary/aromatic N) is 2. The minimum Gasteiger partial charge on any atom is -0.398 e. The molecule has 1 aromatic carbocycles. The number of sulfonamides is 1. The van der Waals surface area contributed by atoms with Crippen molar-refractivity contribution in [1.82, 2.24) is 14.5 Å². The van der Waals surface area contributed by atoms with Gasteiger partial charge in [-0.05, 0) is 35.0 Å². The van der Waals surface area contributed by atoms with Crippen LogP contribution < -0.4 is 10.5 Å². The highest BCUT2D eigenvalue weighted by Crippen LogP contribution is 2.31. The Morgan fingerprint density at radius 3 is 2.71 bits per heavy atom. The number of aryl methyl sites for hydroxylation is 2. The van der Waals surface area contributed by atoms with Gasteiger partial charge in [0.2, 0.25) is 10.0 Å². The molecule has 9 heteroatoms. The van der Waals surface area contributed by atoms with Gasteiger partial charge in [0.05, 0.1) is 15.1 Å². The first kappa shape index (κ1) is 16.3. The first-order chi connectivity index (χ1) is 9.70. The van der Waals surface area contributed by atoms with Gasteiger partial charge in [-0.1, -0.05) is 11.6 Å². The highest BCUT2D eigenvalue weighted by molar-refractivity contribution is 9.10. The predicted molar refractivity (Wildman–Crippen MR) is 85.5 cm³/mol. The molecule has 0 fully saturated rings. The second-order valence-electron chi connectivity index (χ2n) is 4.55. The van der Waals surface area contributed by atoms with Gasteiger partial charge in [0.25, 0.3) is 0 Å². The lowest BCUT2D eigenvalue weighted by molar-refractivity contribution is 0.580. The molecule has 0 saturated carbocycles. The normalized spacial score (nSPS) is 11.8. The maximum absolute atomic E-state index is 12.4. The highest BCUT2D eigenvalue weighted by Gasteiger charge is 2.20. The van der Waals surface area contributed by atoms with Gasteiger partial charge in [-0.2, -0.15) is 5.10 Å². The van der Waals surface area contributed by atoms with Gasteiger partial charge in [0, 0.05) is 36.1 Å². The molecule has 0 spiro atoms. The Kier molecular flexibility index (Phi) is 4.62. The van der Waals surface area contributed by atoms with Crippen molar-refractivity contribution in [3.8, 4) is 0 Å². The molecule has 0 unspecified atom stereocenters. The van der Waals surface area contributed by atoms with E-state index in [1.54, 1.807) is 17.9 Å². The van der Waals surface area contributed by atoms with Crippen molar-refractivity contribution in [2.75, 3.05) is 5.73 Å². The monoisotopic (exact) mass is 392 g/mol. The van der Waals surface area contributed by atoms with Gasteiger partial charge < -0.3 is 5.73 Å². The number of aromatic nitrogens is 2. The van der Waals surface area contributed by atoms with Gasteiger partial charge >= 0.3 is 0 Å². The highest BCUT2D eigenvalue weighted by atomic mass is 79.9. The van der Waals surface area contributed by atoms with E-state index in [4.69, 9.17) is 17.3 Å². The van der Waals surface area contributed by atoms with Crippen molar-refractivity contribution >= 4 is 43.2 Å². The first-order valence-corrected chi connectivity index (χ1v) is 8.59. The Bertz CT molecular complexity index is 789. The van der Waals surface area contributed by atoms with Crippen molar-refractivity contribution in [3.63, 3.8) is 0 Å². The largest absolute Gasteiger partial charge is 0.398 e. The zero-order valence-corrected chi connectivity index (χ0v) is 14.6. The Morgan fingerprint density at radius 1 is 1.48 bits per heavy atom. The summed E-state index contributed by atoms with van der Waals surface area (Å²) in [6.07, 6.45) is 1.76. The average molecular weight is 394 g/mol. The molecule has 0 aliphatic carbocycles. The molecule has 21 heavy (non-hydrogen) atoms. The molecule has 0 radical (unpaired) electrons. The summed E-state index contributed by atoms with van der Waals surface area (Å²) in [5.74, 6) is 0. The van der Waals surface area contributed by atoms with E-state index in [2.05, 4.69) is 25.8 Å². The smallest absolute Gasteiger partial charge is 0.242 e. The Balaban J connectivity index is 2.29. The number of halogens is 2. The van der Waals surface area contributed by atoms with Crippen molar-refractivity contribution in [2.24, 2.45) is 7.05 Å². The molecule has 0 aliphatic heterocycles. The lowest BCUT2D eigenvalue weighted by atomic mass is 10.3. The summed E-state index contributed by atoms with van der Waals surface area (Å²) in [7, 11) is -1.96. The molecule has 0 amide bonds. The summed E-state index contributed by atoms with van der Waals surface area (Å²) >= 11 is 9.04. The summed E-state index contributed by atoms with van der Waals surface area (Å²) in [6.45, 7) is 1.96. The van der Waals surface area contributed by atoms with E-state index in [0.717, 1.165) is 11.3 Å². The van der Waals surface area contributed by atoms with Crippen molar-refractivity contribution in [1.29, 1.82) is 0 Å². The van der Waals surface area contributed by atoms with E-state index >= 15 is 0 Å². The number of rotatable bonds is 4. The fraction of sp³-hybridized carbons (Fsp3) is 0.250. The van der Waals surface area contributed by atoms with Gasteiger partial charge in [0.1, 0.15) is 0 Å². The standard InChI is InChI=1S/C12H14BrClN4O2S/c1-7-8(6-18(2)17-7)5-16-21(19,20)11-4-9(14)3-10(15)12(11)13/h3-4,6,16H,5,15H2,1-2H3. The summed E-state index contributed by atoms with van der Waals surface area (Å²) < 4.78 is 29.2. The Morgan fingerprint density at radius 2 is 2.14 bits per heavy atom. The average Bonchev–Trinajstić information content (AvgIpc) is 2.70. The molecule has 0 bridgehead atoms. The summed E-state index contributed by atoms with van der Waals surface area (Å²) in [5.41, 5.74) is 7.55. The minimum atomic E-state index is -3.74. The SMILES string of the molecule is Cc1nn(C)cc1CNS(=O)(=O)c1cc(Cl)cc(N)c1Br. The van der Waals surface area contributed by atoms with Crippen LogP contribution in [-0.4, -0.2) is 18.2 Å². The lowest BCUT2D eigenvalue weighted by Crippen LogP contribution is -2.24. The second-order valence-corrected chi connectivity index (χ2v) is 7.51. The van der Waals surface area contributed by atoms with Crippen molar-refractivity contribution in [3.05, 3.63) is 39.1 Å². The first-order valence-electron chi connectivity index (χ1n) is 5.94. The third-order valence-corrected chi connectivity index (χ3v) is 5.68. The van der Waals surface area contributed by atoms with Crippen LogP contribution in [-0.2, 0) is 23.6 Å². The molecule has 0 saturated heterocycles. The molecule has 0 aliphatic rings. The van der Waals surface area contributed by atoms with Gasteiger partial charge in [-0.25, -0.2) is 13.1 Å². The fourth-order valence-electron chi connectivity index (χ4n) is 1.85. The van der Waals surface area contributed by atoms with Crippen LogP contribution >= 0.6 is 27.5 Å². The van der Waals surface area contributed by atoms with Crippen LogP contribution in [0.1, 0.15) is 11.3 Å². The quantitative estimate of drug-likeness (QED) is 0.779. The molecular weight excluding hydrogens is 380 g/mol. The maximum Gasteiger partial charge on any atom is 0.242 e. The Labute approximate surface area is 136 Å². The van der Waals surface area contributed by atoms with E-state index in [9.17, 15) is 8.42 Å². The van der Waals surface area contributed by atoms with E-state index in [0.29, 0.717) is 4.47 Å². The minimum absolute atomic E-state index is 0.00837. The van der Waals surface area contributed by atoms with Gasteiger partial charge in [-0.15, -0.1) is 0 Å². The van der Waals surface area contributed by atoms with Crippen LogP contribution in [0.5, 0.6) is 0 Å². The molecule has 3 N–H and O–H groups in total. The third kappa shape index (κ3) is 3.57. The molecule has 0 atom stereocenters. The molecule has 2 rings (SSSR count). The zero-order chi connectivity index (χ0) is 15.8. The topological polar surface area (TPSA) is 90.0 Å². The number of hydrogen-bond donors (Lipinski definition) is 2. The van der Waals surface area contributed by atoms with Gasteiger partial charge in [-0.3, -0.25) is 4.68 Å².